The molecule has 1 aromatic rings. The van der Waals surface area contributed by atoms with Crippen molar-refractivity contribution in [3.63, 3.8) is 0 Å². The van der Waals surface area contributed by atoms with Crippen LogP contribution in [0.4, 0.5) is 4.79 Å². The summed E-state index contributed by atoms with van der Waals surface area (Å²) in [4.78, 5) is 11.1. The summed E-state index contributed by atoms with van der Waals surface area (Å²) in [5.41, 5.74) is -0.817. The first-order chi connectivity index (χ1) is 6.74. The summed E-state index contributed by atoms with van der Waals surface area (Å²) in [6.07, 6.45) is 0. The highest BCUT2D eigenvalue weighted by molar-refractivity contribution is 7.58. The number of carbonyl (C=O) groups excluding carboxylic acids is 1. The molecule has 76 valence electrons. The Morgan fingerprint density at radius 1 is 1.36 bits per heavy atom. The predicted molar refractivity (Wildman–Crippen MR) is 53.1 cm³/mol. The number of ether oxygens (including phenoxy) is 1. The Hall–Kier alpha value is -1.12. The van der Waals surface area contributed by atoms with Gasteiger partial charge < -0.3 is 9.26 Å². The van der Waals surface area contributed by atoms with E-state index in [4.69, 9.17) is 4.74 Å². The minimum atomic E-state index is -2.73. The van der Waals surface area contributed by atoms with Gasteiger partial charge in [-0.25, -0.2) is 4.79 Å². The molecule has 0 heterocycles. The van der Waals surface area contributed by atoms with Crippen LogP contribution in [0.1, 0.15) is 6.92 Å². The van der Waals surface area contributed by atoms with Crippen LogP contribution < -0.4 is 4.74 Å². The molecule has 0 amide bonds. The lowest BCUT2D eigenvalue weighted by Gasteiger charge is -2.02. The second kappa shape index (κ2) is 5.58. The highest BCUT2D eigenvalue weighted by Gasteiger charge is 2.13. The fourth-order valence-corrected chi connectivity index (χ4v) is 1.41. The number of hydrogen-bond donors (Lipinski definition) is 0. The maximum atomic E-state index is 11.1. The van der Waals surface area contributed by atoms with Gasteiger partial charge in [0.05, 0.1) is 6.61 Å². The number of benzene rings is 1. The van der Waals surface area contributed by atoms with Crippen LogP contribution in [-0.4, -0.2) is 12.3 Å². The van der Waals surface area contributed by atoms with Crippen molar-refractivity contribution in [2.24, 2.45) is 0 Å². The van der Waals surface area contributed by atoms with Crippen LogP contribution in [0.5, 0.6) is 5.75 Å². The Morgan fingerprint density at radius 3 is 2.57 bits per heavy atom. The lowest BCUT2D eigenvalue weighted by Crippen LogP contribution is -2.01. The number of para-hydroxylation sites is 1. The van der Waals surface area contributed by atoms with Crippen molar-refractivity contribution in [3.8, 4) is 5.75 Å². The standard InChI is InChI=1S/C9H11O4P/c1-2-12-14(11)9(10)13-8-6-4-3-5-7-8/h3-7,14H,2H2,1H3. The summed E-state index contributed by atoms with van der Waals surface area (Å²) in [6.45, 7) is 1.90. The van der Waals surface area contributed by atoms with Gasteiger partial charge in [0.25, 0.3) is 8.03 Å². The zero-order valence-electron chi connectivity index (χ0n) is 7.73. The van der Waals surface area contributed by atoms with Gasteiger partial charge in [-0.1, -0.05) is 18.2 Å². The Balaban J connectivity index is 2.53. The van der Waals surface area contributed by atoms with Crippen molar-refractivity contribution in [2.45, 2.75) is 6.92 Å². The summed E-state index contributed by atoms with van der Waals surface area (Å²) < 4.78 is 20.5. The van der Waals surface area contributed by atoms with E-state index in [1.54, 1.807) is 37.3 Å². The third-order valence-electron chi connectivity index (χ3n) is 1.40. The predicted octanol–water partition coefficient (Wildman–Crippen LogP) is 2.70. The molecule has 5 heteroatoms. The molecule has 4 nitrogen and oxygen atoms in total. The van der Waals surface area contributed by atoms with Crippen molar-refractivity contribution in [3.05, 3.63) is 30.3 Å². The lowest BCUT2D eigenvalue weighted by molar-refractivity contribution is 0.218. The molecule has 1 rings (SSSR count). The zero-order chi connectivity index (χ0) is 10.4. The minimum absolute atomic E-state index is 0.238. The molecule has 0 fully saturated rings. The quantitative estimate of drug-likeness (QED) is 0.723. The lowest BCUT2D eigenvalue weighted by atomic mass is 10.3. The third-order valence-corrected chi connectivity index (χ3v) is 2.38. The SMILES string of the molecule is CCO[PH](=O)C(=O)Oc1ccccc1. The van der Waals surface area contributed by atoms with Crippen LogP contribution >= 0.6 is 8.03 Å². The van der Waals surface area contributed by atoms with Crippen molar-refractivity contribution in [1.82, 2.24) is 0 Å². The van der Waals surface area contributed by atoms with E-state index in [9.17, 15) is 9.36 Å². The van der Waals surface area contributed by atoms with Gasteiger partial charge in [-0.2, -0.15) is 0 Å². The van der Waals surface area contributed by atoms with Crippen LogP contribution in [0.15, 0.2) is 30.3 Å². The number of rotatable bonds is 4. The van der Waals surface area contributed by atoms with E-state index in [0.717, 1.165) is 0 Å². The van der Waals surface area contributed by atoms with Gasteiger partial charge in [0.2, 0.25) is 0 Å². The van der Waals surface area contributed by atoms with Gasteiger partial charge in [0.1, 0.15) is 5.75 Å². The molecule has 1 unspecified atom stereocenters. The monoisotopic (exact) mass is 214 g/mol. The summed E-state index contributed by atoms with van der Waals surface area (Å²) in [6, 6.07) is 8.46. The topological polar surface area (TPSA) is 52.6 Å². The van der Waals surface area contributed by atoms with Crippen molar-refractivity contribution < 1.29 is 18.6 Å². The normalized spacial score (nSPS) is 12.1. The van der Waals surface area contributed by atoms with Gasteiger partial charge in [0.15, 0.2) is 0 Å². The Labute approximate surface area is 82.7 Å². The highest BCUT2D eigenvalue weighted by Crippen LogP contribution is 2.26. The van der Waals surface area contributed by atoms with Crippen LogP contribution in [0.25, 0.3) is 0 Å². The molecule has 0 aromatic heterocycles. The van der Waals surface area contributed by atoms with Crippen LogP contribution in [-0.2, 0) is 9.09 Å². The fraction of sp³-hybridized carbons (Fsp3) is 0.222. The largest absolute Gasteiger partial charge is 0.420 e. The van der Waals surface area contributed by atoms with Crippen LogP contribution in [0.2, 0.25) is 0 Å². The second-order valence-corrected chi connectivity index (χ2v) is 3.69. The van der Waals surface area contributed by atoms with E-state index >= 15 is 0 Å². The molecule has 1 atom stereocenters. The van der Waals surface area contributed by atoms with E-state index in [1.165, 1.54) is 0 Å². The first-order valence-corrected chi connectivity index (χ1v) is 5.49. The molecule has 0 saturated heterocycles. The average molecular weight is 214 g/mol. The van der Waals surface area contributed by atoms with Gasteiger partial charge in [0, 0.05) is 0 Å². The van der Waals surface area contributed by atoms with E-state index in [-0.39, 0.29) is 6.61 Å². The summed E-state index contributed by atoms with van der Waals surface area (Å²) >= 11 is 0. The van der Waals surface area contributed by atoms with Crippen molar-refractivity contribution >= 4 is 13.7 Å². The van der Waals surface area contributed by atoms with E-state index < -0.39 is 13.7 Å². The van der Waals surface area contributed by atoms with Gasteiger partial charge >= 0.3 is 5.71 Å². The molecule has 0 N–H and O–H groups in total. The van der Waals surface area contributed by atoms with Crippen molar-refractivity contribution in [1.29, 1.82) is 0 Å². The van der Waals surface area contributed by atoms with Gasteiger partial charge in [-0.05, 0) is 19.1 Å². The zero-order valence-corrected chi connectivity index (χ0v) is 8.73. The maximum Gasteiger partial charge on any atom is 0.393 e. The molecule has 0 aliphatic carbocycles. The molecule has 0 bridgehead atoms. The maximum absolute atomic E-state index is 11.1. The minimum Gasteiger partial charge on any atom is -0.420 e. The first-order valence-electron chi connectivity index (χ1n) is 4.18. The molecular weight excluding hydrogens is 203 g/mol. The van der Waals surface area contributed by atoms with Gasteiger partial charge in [-0.3, -0.25) is 4.57 Å². The molecule has 14 heavy (non-hydrogen) atoms. The molecule has 1 aromatic carbocycles. The first kappa shape index (κ1) is 11.0. The Bertz CT molecular complexity index is 323. The second-order valence-electron chi connectivity index (χ2n) is 2.42. The molecule has 0 saturated carbocycles. The summed E-state index contributed by atoms with van der Waals surface area (Å²) in [7, 11) is -2.73. The van der Waals surface area contributed by atoms with E-state index in [1.807, 2.05) is 0 Å². The molecule has 0 radical (unpaired) electrons. The Kier molecular flexibility index (Phi) is 4.36. The molecular formula is C9H11O4P. The third kappa shape index (κ3) is 3.32. The van der Waals surface area contributed by atoms with Crippen LogP contribution in [0, 0.1) is 0 Å². The van der Waals surface area contributed by atoms with E-state index in [0.29, 0.717) is 5.75 Å². The van der Waals surface area contributed by atoms with E-state index in [2.05, 4.69) is 4.52 Å². The van der Waals surface area contributed by atoms with Gasteiger partial charge in [-0.15, -0.1) is 0 Å². The summed E-state index contributed by atoms with van der Waals surface area (Å²) in [5, 5.41) is 0. The van der Waals surface area contributed by atoms with Crippen LogP contribution in [0.3, 0.4) is 0 Å². The highest BCUT2D eigenvalue weighted by atomic mass is 31.1. The smallest absolute Gasteiger partial charge is 0.393 e. The fourth-order valence-electron chi connectivity index (χ4n) is 0.827. The summed E-state index contributed by atoms with van der Waals surface area (Å²) in [5.74, 6) is 0.371. The number of hydrogen-bond acceptors (Lipinski definition) is 4. The van der Waals surface area contributed by atoms with Crippen molar-refractivity contribution in [2.75, 3.05) is 6.61 Å². The molecule has 0 aliphatic heterocycles. The number of carbonyl (C=O) groups is 1. The molecule has 0 spiro atoms. The molecule has 0 aliphatic rings. The Morgan fingerprint density at radius 2 is 2.00 bits per heavy atom. The average Bonchev–Trinajstić information content (AvgIpc) is 2.19.